The number of carbonyl (C=O) groups excluding carboxylic acids is 1. The number of rotatable bonds is 7. The molecule has 0 saturated carbocycles. The van der Waals surface area contributed by atoms with E-state index < -0.39 is 30.3 Å². The monoisotopic (exact) mass is 409 g/mol. The fourth-order valence-corrected chi connectivity index (χ4v) is 3.58. The molecule has 0 radical (unpaired) electrons. The summed E-state index contributed by atoms with van der Waals surface area (Å²) in [4.78, 5) is 13.6. The van der Waals surface area contributed by atoms with Gasteiger partial charge in [0.05, 0.1) is 5.60 Å². The summed E-state index contributed by atoms with van der Waals surface area (Å²) >= 11 is 0. The predicted octanol–water partition coefficient (Wildman–Crippen LogP) is 4.38. The van der Waals surface area contributed by atoms with E-state index in [4.69, 9.17) is 0 Å². The lowest BCUT2D eigenvalue weighted by atomic mass is 9.85. The van der Waals surface area contributed by atoms with Crippen LogP contribution in [0.3, 0.4) is 0 Å². The molecule has 0 aliphatic carbocycles. The van der Waals surface area contributed by atoms with Gasteiger partial charge in [0.25, 0.3) is 0 Å². The molecule has 0 spiro atoms. The van der Waals surface area contributed by atoms with E-state index in [9.17, 15) is 18.7 Å². The summed E-state index contributed by atoms with van der Waals surface area (Å²) in [7, 11) is 0. The van der Waals surface area contributed by atoms with Crippen molar-refractivity contribution in [2.45, 2.75) is 43.8 Å². The number of likely N-dealkylation sites (tertiary alicyclic amines) is 1. The van der Waals surface area contributed by atoms with Crippen molar-refractivity contribution >= 4 is 18.2 Å². The van der Waals surface area contributed by atoms with Gasteiger partial charge in [0.2, 0.25) is 0 Å². The number of ketones is 1. The highest BCUT2D eigenvalue weighted by Gasteiger charge is 2.36. The van der Waals surface area contributed by atoms with E-state index in [0.29, 0.717) is 32.4 Å². The maximum Gasteiger partial charge on any atom is 0.197 e. The number of aliphatic hydroxyl groups is 1. The Morgan fingerprint density at radius 2 is 1.54 bits per heavy atom. The quantitative estimate of drug-likeness (QED) is 0.544. The van der Waals surface area contributed by atoms with Crippen molar-refractivity contribution < 1.29 is 18.7 Å². The Morgan fingerprint density at radius 1 is 1.00 bits per heavy atom. The second-order valence-electron chi connectivity index (χ2n) is 7.29. The second-order valence-corrected chi connectivity index (χ2v) is 7.29. The van der Waals surface area contributed by atoms with Crippen molar-refractivity contribution in [1.82, 2.24) is 4.90 Å². The van der Waals surface area contributed by atoms with Gasteiger partial charge in [0, 0.05) is 31.5 Å². The zero-order valence-corrected chi connectivity index (χ0v) is 16.5. The van der Waals surface area contributed by atoms with Crippen molar-refractivity contribution in [3.05, 3.63) is 71.8 Å². The van der Waals surface area contributed by atoms with Crippen LogP contribution in [-0.2, 0) is 6.42 Å². The van der Waals surface area contributed by atoms with Crippen LogP contribution < -0.4 is 0 Å². The number of carbonyl (C=O) groups is 1. The first-order valence-electron chi connectivity index (χ1n) is 9.35. The summed E-state index contributed by atoms with van der Waals surface area (Å²) in [5.41, 5.74) is 0.433. The number of hydrogen-bond acceptors (Lipinski definition) is 3. The average molecular weight is 410 g/mol. The SMILES string of the molecule is Cl.O=C(c1ccccc1)C(F)CC(F)N1CCC(O)(Cc2ccccc2)CC1. The zero-order chi connectivity index (χ0) is 19.3. The van der Waals surface area contributed by atoms with Gasteiger partial charge in [-0.15, -0.1) is 12.4 Å². The molecule has 2 aromatic rings. The highest BCUT2D eigenvalue weighted by molar-refractivity contribution is 5.99. The number of nitrogens with zero attached hydrogens (tertiary/aromatic N) is 1. The molecule has 1 fully saturated rings. The minimum absolute atomic E-state index is 0. The fraction of sp³-hybridized carbons (Fsp3) is 0.409. The number of piperidine rings is 1. The Hall–Kier alpha value is -1.82. The van der Waals surface area contributed by atoms with Crippen molar-refractivity contribution in [3.63, 3.8) is 0 Å². The van der Waals surface area contributed by atoms with Crippen molar-refractivity contribution in [2.75, 3.05) is 13.1 Å². The molecule has 3 rings (SSSR count). The van der Waals surface area contributed by atoms with Gasteiger partial charge in [-0.2, -0.15) is 0 Å². The number of alkyl halides is 2. The molecule has 0 amide bonds. The predicted molar refractivity (Wildman–Crippen MR) is 108 cm³/mol. The Balaban J connectivity index is 0.00000280. The van der Waals surface area contributed by atoms with E-state index in [1.807, 2.05) is 30.3 Å². The molecule has 1 aliphatic heterocycles. The topological polar surface area (TPSA) is 40.5 Å². The summed E-state index contributed by atoms with van der Waals surface area (Å²) in [6.07, 6.45) is -2.51. The van der Waals surface area contributed by atoms with E-state index in [1.165, 1.54) is 17.0 Å². The van der Waals surface area contributed by atoms with Crippen LogP contribution in [-0.4, -0.2) is 46.9 Å². The molecule has 6 heteroatoms. The number of Topliss-reactive ketones (excluding diaryl/α,β-unsaturated/α-hetero) is 1. The van der Waals surface area contributed by atoms with Crippen LogP contribution >= 0.6 is 12.4 Å². The van der Waals surface area contributed by atoms with E-state index >= 15 is 0 Å². The van der Waals surface area contributed by atoms with E-state index in [1.54, 1.807) is 18.2 Å². The molecule has 28 heavy (non-hydrogen) atoms. The normalized spacial score (nSPS) is 18.7. The second kappa shape index (κ2) is 10.1. The molecule has 1 saturated heterocycles. The summed E-state index contributed by atoms with van der Waals surface area (Å²) < 4.78 is 28.8. The standard InChI is InChI=1S/C22H25F2NO2.ClH/c23-19(21(26)18-9-5-2-6-10-18)15-20(24)25-13-11-22(27,12-14-25)16-17-7-3-1-4-8-17;/h1-10,19-20,27H,11-16H2;1H. The van der Waals surface area contributed by atoms with Gasteiger partial charge in [-0.05, 0) is 18.4 Å². The van der Waals surface area contributed by atoms with Crippen LogP contribution in [0.4, 0.5) is 8.78 Å². The Morgan fingerprint density at radius 3 is 2.11 bits per heavy atom. The van der Waals surface area contributed by atoms with E-state index in [0.717, 1.165) is 5.56 Å². The molecule has 152 valence electrons. The molecule has 1 aliphatic rings. The molecule has 1 N–H and O–H groups in total. The van der Waals surface area contributed by atoms with Crippen molar-refractivity contribution in [3.8, 4) is 0 Å². The molecule has 1 heterocycles. The maximum atomic E-state index is 14.5. The summed E-state index contributed by atoms with van der Waals surface area (Å²) in [6.45, 7) is 0.688. The molecular weight excluding hydrogens is 384 g/mol. The molecular formula is C22H26ClF2NO2. The summed E-state index contributed by atoms with van der Waals surface area (Å²) in [6, 6.07) is 17.8. The highest BCUT2D eigenvalue weighted by atomic mass is 35.5. The Kier molecular flexibility index (Phi) is 8.10. The van der Waals surface area contributed by atoms with Crippen LogP contribution in [0, 0.1) is 0 Å². The third kappa shape index (κ3) is 5.84. The van der Waals surface area contributed by atoms with Crippen LogP contribution in [0.25, 0.3) is 0 Å². The van der Waals surface area contributed by atoms with Crippen LogP contribution in [0.15, 0.2) is 60.7 Å². The third-order valence-electron chi connectivity index (χ3n) is 5.25. The summed E-state index contributed by atoms with van der Waals surface area (Å²) in [5.74, 6) is -0.684. The van der Waals surface area contributed by atoms with Gasteiger partial charge in [0.15, 0.2) is 18.3 Å². The number of hydrogen-bond donors (Lipinski definition) is 1. The zero-order valence-electron chi connectivity index (χ0n) is 15.6. The van der Waals surface area contributed by atoms with Gasteiger partial charge in [-0.25, -0.2) is 8.78 Å². The first kappa shape index (κ1) is 22.5. The molecule has 2 atom stereocenters. The van der Waals surface area contributed by atoms with Crippen LogP contribution in [0.2, 0.25) is 0 Å². The molecule has 2 aromatic carbocycles. The van der Waals surface area contributed by atoms with Crippen molar-refractivity contribution in [1.29, 1.82) is 0 Å². The molecule has 0 bridgehead atoms. The first-order valence-corrected chi connectivity index (χ1v) is 9.35. The van der Waals surface area contributed by atoms with Gasteiger partial charge >= 0.3 is 0 Å². The van der Waals surface area contributed by atoms with E-state index in [2.05, 4.69) is 0 Å². The highest BCUT2D eigenvalue weighted by Crippen LogP contribution is 2.29. The summed E-state index contributed by atoms with van der Waals surface area (Å²) in [5, 5.41) is 10.8. The number of halogens is 3. The minimum atomic E-state index is -1.87. The van der Waals surface area contributed by atoms with Gasteiger partial charge in [-0.1, -0.05) is 60.7 Å². The fourth-order valence-electron chi connectivity index (χ4n) is 3.58. The average Bonchev–Trinajstić information content (AvgIpc) is 2.69. The lowest BCUT2D eigenvalue weighted by molar-refractivity contribution is -0.0541. The largest absolute Gasteiger partial charge is 0.389 e. The molecule has 2 unspecified atom stereocenters. The van der Waals surface area contributed by atoms with Crippen LogP contribution in [0.5, 0.6) is 0 Å². The molecule has 0 aromatic heterocycles. The third-order valence-corrected chi connectivity index (χ3v) is 5.25. The molecule has 3 nitrogen and oxygen atoms in total. The number of benzene rings is 2. The minimum Gasteiger partial charge on any atom is -0.389 e. The van der Waals surface area contributed by atoms with Gasteiger partial charge < -0.3 is 5.11 Å². The van der Waals surface area contributed by atoms with Crippen molar-refractivity contribution in [2.24, 2.45) is 0 Å². The van der Waals surface area contributed by atoms with Gasteiger partial charge in [0.1, 0.15) is 0 Å². The van der Waals surface area contributed by atoms with E-state index in [-0.39, 0.29) is 18.0 Å². The first-order chi connectivity index (χ1) is 13.0. The Bertz CT molecular complexity index is 737. The lowest BCUT2D eigenvalue weighted by Gasteiger charge is -2.39. The van der Waals surface area contributed by atoms with Crippen LogP contribution in [0.1, 0.15) is 35.2 Å². The van der Waals surface area contributed by atoms with Gasteiger partial charge in [-0.3, -0.25) is 9.69 Å². The smallest absolute Gasteiger partial charge is 0.197 e. The Labute approximate surface area is 170 Å². The maximum absolute atomic E-state index is 14.5. The lowest BCUT2D eigenvalue weighted by Crippen LogP contribution is -2.48.